The molecule has 0 saturated carbocycles. The third-order valence-corrected chi connectivity index (χ3v) is 3.45. The maximum atomic E-state index is 11.7. The number of aliphatic hydroxyl groups excluding tert-OH is 1. The lowest BCUT2D eigenvalue weighted by atomic mass is 10.1. The molecule has 0 aliphatic rings. The monoisotopic (exact) mass is 333 g/mol. The minimum atomic E-state index is -0.562. The Balaban J connectivity index is 2.50. The zero-order valence-corrected chi connectivity index (χ0v) is 14.0. The van der Waals surface area contributed by atoms with Crippen LogP contribution in [0.15, 0.2) is 18.2 Å². The first-order valence-electron chi connectivity index (χ1n) is 6.75. The summed E-state index contributed by atoms with van der Waals surface area (Å²) in [5, 5.41) is 13.0. The third-order valence-electron chi connectivity index (χ3n) is 2.71. The van der Waals surface area contributed by atoms with E-state index in [0.717, 1.165) is 5.56 Å². The Morgan fingerprint density at radius 2 is 2.00 bits per heavy atom. The quantitative estimate of drug-likeness (QED) is 0.861. The number of rotatable bonds is 5. The highest BCUT2D eigenvalue weighted by molar-refractivity contribution is 6.42. The van der Waals surface area contributed by atoms with Gasteiger partial charge in [0.25, 0.3) is 0 Å². The number of carbonyl (C=O) groups excluding carboxylic acids is 1. The van der Waals surface area contributed by atoms with Gasteiger partial charge < -0.3 is 15.2 Å². The van der Waals surface area contributed by atoms with Crippen LogP contribution in [0.1, 0.15) is 32.8 Å². The summed E-state index contributed by atoms with van der Waals surface area (Å²) in [6.45, 7) is 5.21. The summed E-state index contributed by atoms with van der Waals surface area (Å²) in [7, 11) is 0. The summed E-state index contributed by atoms with van der Waals surface area (Å²) in [4.78, 5) is 11.7. The number of amides is 1. The van der Waals surface area contributed by atoms with Crippen molar-refractivity contribution in [3.63, 3.8) is 0 Å². The van der Waals surface area contributed by atoms with Crippen molar-refractivity contribution in [1.29, 1.82) is 0 Å². The van der Waals surface area contributed by atoms with Crippen molar-refractivity contribution in [2.24, 2.45) is 0 Å². The van der Waals surface area contributed by atoms with E-state index in [1.165, 1.54) is 0 Å². The SMILES string of the molecule is CC(C)(C)OC(=O)N[C@H](CO)CCc1ccc(Cl)c(Cl)c1. The molecule has 118 valence electrons. The van der Waals surface area contributed by atoms with Gasteiger partial charge in [-0.3, -0.25) is 0 Å². The number of hydrogen-bond acceptors (Lipinski definition) is 3. The van der Waals surface area contributed by atoms with Gasteiger partial charge in [0.05, 0.1) is 22.7 Å². The average Bonchev–Trinajstić information content (AvgIpc) is 2.36. The van der Waals surface area contributed by atoms with E-state index < -0.39 is 11.7 Å². The van der Waals surface area contributed by atoms with Crippen molar-refractivity contribution >= 4 is 29.3 Å². The van der Waals surface area contributed by atoms with E-state index in [4.69, 9.17) is 27.9 Å². The Morgan fingerprint density at radius 3 is 2.52 bits per heavy atom. The molecule has 0 unspecified atom stereocenters. The first kappa shape index (κ1) is 18.1. The number of alkyl carbamates (subject to hydrolysis) is 1. The highest BCUT2D eigenvalue weighted by Crippen LogP contribution is 2.23. The van der Waals surface area contributed by atoms with Crippen LogP contribution < -0.4 is 5.32 Å². The Bertz CT molecular complexity index is 486. The maximum Gasteiger partial charge on any atom is 0.407 e. The van der Waals surface area contributed by atoms with Crippen molar-refractivity contribution in [2.75, 3.05) is 6.61 Å². The van der Waals surface area contributed by atoms with Gasteiger partial charge in [0, 0.05) is 0 Å². The van der Waals surface area contributed by atoms with E-state index in [1.54, 1.807) is 32.9 Å². The number of nitrogens with one attached hydrogen (secondary N) is 1. The number of ether oxygens (including phenoxy) is 1. The van der Waals surface area contributed by atoms with E-state index in [-0.39, 0.29) is 12.6 Å². The van der Waals surface area contributed by atoms with Gasteiger partial charge in [-0.05, 0) is 51.3 Å². The van der Waals surface area contributed by atoms with Crippen LogP contribution in [0.25, 0.3) is 0 Å². The second-order valence-electron chi connectivity index (χ2n) is 5.81. The largest absolute Gasteiger partial charge is 0.444 e. The molecule has 0 saturated heterocycles. The minimum Gasteiger partial charge on any atom is -0.444 e. The lowest BCUT2D eigenvalue weighted by molar-refractivity contribution is 0.0479. The summed E-state index contributed by atoms with van der Waals surface area (Å²) in [6.07, 6.45) is 0.710. The van der Waals surface area contributed by atoms with Crippen LogP contribution in [-0.4, -0.2) is 29.4 Å². The van der Waals surface area contributed by atoms with Crippen LogP contribution >= 0.6 is 23.2 Å². The number of carbonyl (C=O) groups is 1. The Hall–Kier alpha value is -0.970. The van der Waals surface area contributed by atoms with E-state index >= 15 is 0 Å². The standard InChI is InChI=1S/C15H21Cl2NO3/c1-15(2,3)21-14(20)18-11(9-19)6-4-10-5-7-12(16)13(17)8-10/h5,7-8,11,19H,4,6,9H2,1-3H3,(H,18,20)/t11-/m0/s1. The fourth-order valence-corrected chi connectivity index (χ4v) is 2.04. The number of aliphatic hydroxyl groups is 1. The van der Waals surface area contributed by atoms with Gasteiger partial charge in [-0.15, -0.1) is 0 Å². The molecule has 6 heteroatoms. The average molecular weight is 334 g/mol. The topological polar surface area (TPSA) is 58.6 Å². The van der Waals surface area contributed by atoms with Crippen LogP contribution in [0.2, 0.25) is 10.0 Å². The predicted molar refractivity (Wildman–Crippen MR) is 85.0 cm³/mol. The molecule has 0 spiro atoms. The smallest absolute Gasteiger partial charge is 0.407 e. The highest BCUT2D eigenvalue weighted by Gasteiger charge is 2.19. The molecule has 0 aromatic heterocycles. The summed E-state index contributed by atoms with van der Waals surface area (Å²) in [5.41, 5.74) is 0.433. The summed E-state index contributed by atoms with van der Waals surface area (Å²) in [6, 6.07) is 5.02. The highest BCUT2D eigenvalue weighted by atomic mass is 35.5. The Morgan fingerprint density at radius 1 is 1.33 bits per heavy atom. The Labute approximate surface area is 135 Å². The van der Waals surface area contributed by atoms with E-state index in [2.05, 4.69) is 5.32 Å². The van der Waals surface area contributed by atoms with Crippen molar-refractivity contribution < 1.29 is 14.6 Å². The molecule has 1 rings (SSSR count). The molecular weight excluding hydrogens is 313 g/mol. The van der Waals surface area contributed by atoms with E-state index in [0.29, 0.717) is 22.9 Å². The van der Waals surface area contributed by atoms with Crippen molar-refractivity contribution in [2.45, 2.75) is 45.3 Å². The minimum absolute atomic E-state index is 0.152. The van der Waals surface area contributed by atoms with Crippen LogP contribution in [0, 0.1) is 0 Å². The third kappa shape index (κ3) is 7.02. The molecule has 0 aliphatic carbocycles. The first-order valence-corrected chi connectivity index (χ1v) is 7.51. The van der Waals surface area contributed by atoms with Gasteiger partial charge in [-0.25, -0.2) is 4.79 Å². The molecular formula is C15H21Cl2NO3. The lowest BCUT2D eigenvalue weighted by Gasteiger charge is -2.22. The summed E-state index contributed by atoms with van der Waals surface area (Å²) in [5.74, 6) is 0. The number of benzene rings is 1. The van der Waals surface area contributed by atoms with Crippen LogP contribution in [0.3, 0.4) is 0 Å². The van der Waals surface area contributed by atoms with Gasteiger partial charge in [-0.2, -0.15) is 0 Å². The van der Waals surface area contributed by atoms with Gasteiger partial charge in [0.1, 0.15) is 5.60 Å². The molecule has 21 heavy (non-hydrogen) atoms. The molecule has 1 amide bonds. The van der Waals surface area contributed by atoms with E-state index in [9.17, 15) is 9.90 Å². The van der Waals surface area contributed by atoms with Crippen LogP contribution in [0.5, 0.6) is 0 Å². The molecule has 2 N–H and O–H groups in total. The predicted octanol–water partition coefficient (Wildman–Crippen LogP) is 3.81. The molecule has 0 radical (unpaired) electrons. The Kier molecular flexibility index (Phi) is 6.78. The summed E-state index contributed by atoms with van der Waals surface area (Å²) < 4.78 is 5.16. The fraction of sp³-hybridized carbons (Fsp3) is 0.533. The lowest BCUT2D eigenvalue weighted by Crippen LogP contribution is -2.41. The van der Waals surface area contributed by atoms with Crippen molar-refractivity contribution in [3.05, 3.63) is 33.8 Å². The molecule has 1 aromatic carbocycles. The van der Waals surface area contributed by atoms with Gasteiger partial charge in [0.15, 0.2) is 0 Å². The molecule has 0 heterocycles. The molecule has 4 nitrogen and oxygen atoms in total. The van der Waals surface area contributed by atoms with Crippen LogP contribution in [-0.2, 0) is 11.2 Å². The number of hydrogen-bond donors (Lipinski definition) is 2. The second-order valence-corrected chi connectivity index (χ2v) is 6.63. The summed E-state index contributed by atoms with van der Waals surface area (Å²) >= 11 is 11.8. The second kappa shape index (κ2) is 7.87. The van der Waals surface area contributed by atoms with Crippen molar-refractivity contribution in [1.82, 2.24) is 5.32 Å². The first-order chi connectivity index (χ1) is 9.71. The number of aryl methyl sites for hydroxylation is 1. The maximum absolute atomic E-state index is 11.7. The van der Waals surface area contributed by atoms with E-state index in [1.807, 2.05) is 6.07 Å². The van der Waals surface area contributed by atoms with Gasteiger partial charge in [-0.1, -0.05) is 29.3 Å². The molecule has 0 aliphatic heterocycles. The van der Waals surface area contributed by atoms with Gasteiger partial charge >= 0.3 is 6.09 Å². The zero-order valence-electron chi connectivity index (χ0n) is 12.5. The molecule has 1 aromatic rings. The molecule has 1 atom stereocenters. The van der Waals surface area contributed by atoms with Gasteiger partial charge in [0.2, 0.25) is 0 Å². The zero-order chi connectivity index (χ0) is 16.0. The molecule has 0 fully saturated rings. The van der Waals surface area contributed by atoms with Crippen molar-refractivity contribution in [3.8, 4) is 0 Å². The molecule has 0 bridgehead atoms. The fourth-order valence-electron chi connectivity index (χ4n) is 1.72. The normalized spacial score (nSPS) is 12.9. The van der Waals surface area contributed by atoms with Crippen LogP contribution in [0.4, 0.5) is 4.79 Å². The number of halogens is 2.